The molecule has 1 atom stereocenters. The van der Waals surface area contributed by atoms with Gasteiger partial charge in [0, 0.05) is 44.1 Å². The van der Waals surface area contributed by atoms with Crippen LogP contribution in [-0.2, 0) is 13.0 Å². The summed E-state index contributed by atoms with van der Waals surface area (Å²) in [7, 11) is 2.33. The van der Waals surface area contributed by atoms with Crippen LogP contribution in [0.15, 0.2) is 54.9 Å². The molecule has 4 heteroatoms. The molecule has 1 aromatic carbocycles. The zero-order valence-electron chi connectivity index (χ0n) is 17.9. The number of nitrogens with zero attached hydrogens (tertiary/aromatic N) is 4. The van der Waals surface area contributed by atoms with Gasteiger partial charge in [0.1, 0.15) is 0 Å². The average Bonchev–Trinajstić information content (AvgIpc) is 2.79. The number of hydrogen-bond donors (Lipinski definition) is 0. The molecule has 0 N–H and O–H groups in total. The molecular formula is C25H36N4. The van der Waals surface area contributed by atoms with Gasteiger partial charge in [-0.3, -0.25) is 14.8 Å². The van der Waals surface area contributed by atoms with Crippen molar-refractivity contribution in [2.45, 2.75) is 50.7 Å². The number of rotatable bonds is 7. The summed E-state index contributed by atoms with van der Waals surface area (Å²) in [4.78, 5) is 12.3. The van der Waals surface area contributed by atoms with Crippen LogP contribution in [0.1, 0.15) is 36.8 Å². The van der Waals surface area contributed by atoms with Crippen LogP contribution in [0.4, 0.5) is 0 Å². The summed E-state index contributed by atoms with van der Waals surface area (Å²) < 4.78 is 0. The fourth-order valence-corrected chi connectivity index (χ4v) is 5.00. The van der Waals surface area contributed by atoms with Crippen molar-refractivity contribution in [3.8, 4) is 0 Å². The summed E-state index contributed by atoms with van der Waals surface area (Å²) in [6.07, 6.45) is 10.3. The summed E-state index contributed by atoms with van der Waals surface area (Å²) in [5.41, 5.74) is 2.79. The van der Waals surface area contributed by atoms with Gasteiger partial charge in [0.05, 0.1) is 0 Å². The molecule has 0 saturated carbocycles. The Morgan fingerprint density at radius 3 is 2.52 bits per heavy atom. The first-order valence-electron chi connectivity index (χ1n) is 11.4. The van der Waals surface area contributed by atoms with Gasteiger partial charge in [-0.15, -0.1) is 0 Å². The van der Waals surface area contributed by atoms with Crippen LogP contribution in [0.25, 0.3) is 0 Å². The first-order chi connectivity index (χ1) is 14.3. The molecule has 0 bridgehead atoms. The topological polar surface area (TPSA) is 22.6 Å². The third-order valence-corrected chi connectivity index (χ3v) is 6.85. The van der Waals surface area contributed by atoms with E-state index in [0.29, 0.717) is 6.04 Å². The standard InChI is InChI=1S/C25H36N4/c1-27(16-11-22-7-3-2-4-8-22)25-10-6-15-29(21-25)24-12-17-28(18-13-24)20-23-9-5-14-26-19-23/h2-5,7-9,14,19,24-25H,6,10-13,15-18,20-21H2,1H3/t25-/m0/s1. The maximum absolute atomic E-state index is 4.26. The molecule has 4 rings (SSSR count). The van der Waals surface area contributed by atoms with Crippen LogP contribution < -0.4 is 0 Å². The minimum atomic E-state index is 0.709. The molecule has 0 spiro atoms. The van der Waals surface area contributed by atoms with Crippen molar-refractivity contribution >= 4 is 0 Å². The van der Waals surface area contributed by atoms with E-state index in [4.69, 9.17) is 0 Å². The molecular weight excluding hydrogens is 356 g/mol. The van der Waals surface area contributed by atoms with E-state index in [1.165, 1.54) is 63.0 Å². The normalized spacial score (nSPS) is 22.2. The molecule has 156 valence electrons. The molecule has 0 aliphatic carbocycles. The number of benzene rings is 1. The van der Waals surface area contributed by atoms with E-state index in [-0.39, 0.29) is 0 Å². The Balaban J connectivity index is 1.22. The molecule has 0 amide bonds. The van der Waals surface area contributed by atoms with E-state index >= 15 is 0 Å². The summed E-state index contributed by atoms with van der Waals surface area (Å²) >= 11 is 0. The van der Waals surface area contributed by atoms with Gasteiger partial charge in [0.2, 0.25) is 0 Å². The van der Waals surface area contributed by atoms with Gasteiger partial charge in [-0.1, -0.05) is 36.4 Å². The van der Waals surface area contributed by atoms with E-state index in [2.05, 4.69) is 63.1 Å². The van der Waals surface area contributed by atoms with E-state index in [1.54, 1.807) is 0 Å². The van der Waals surface area contributed by atoms with Crippen LogP contribution in [0, 0.1) is 0 Å². The average molecular weight is 393 g/mol. The smallest absolute Gasteiger partial charge is 0.0312 e. The lowest BCUT2D eigenvalue weighted by molar-refractivity contribution is 0.0507. The fraction of sp³-hybridized carbons (Fsp3) is 0.560. The molecule has 2 fully saturated rings. The molecule has 0 unspecified atom stereocenters. The molecule has 1 aromatic heterocycles. The van der Waals surface area contributed by atoms with Gasteiger partial charge >= 0.3 is 0 Å². The number of aromatic nitrogens is 1. The van der Waals surface area contributed by atoms with Gasteiger partial charge in [0.25, 0.3) is 0 Å². The number of piperidine rings is 2. The van der Waals surface area contributed by atoms with Crippen molar-refractivity contribution in [2.75, 3.05) is 39.8 Å². The van der Waals surface area contributed by atoms with Crippen LogP contribution in [-0.4, -0.2) is 71.5 Å². The van der Waals surface area contributed by atoms with Crippen LogP contribution >= 0.6 is 0 Å². The molecule has 2 aliphatic heterocycles. The van der Waals surface area contributed by atoms with Crippen molar-refractivity contribution in [3.63, 3.8) is 0 Å². The maximum atomic E-state index is 4.26. The largest absolute Gasteiger partial charge is 0.302 e. The highest BCUT2D eigenvalue weighted by molar-refractivity contribution is 5.15. The highest BCUT2D eigenvalue weighted by Gasteiger charge is 2.30. The highest BCUT2D eigenvalue weighted by Crippen LogP contribution is 2.24. The van der Waals surface area contributed by atoms with Crippen molar-refractivity contribution in [1.82, 2.24) is 19.7 Å². The summed E-state index contributed by atoms with van der Waals surface area (Å²) in [6, 6.07) is 16.6. The minimum Gasteiger partial charge on any atom is -0.302 e. The second-order valence-corrected chi connectivity index (χ2v) is 8.88. The zero-order chi connectivity index (χ0) is 19.9. The molecule has 2 aromatic rings. The Bertz CT molecular complexity index is 712. The molecule has 0 radical (unpaired) electrons. The van der Waals surface area contributed by atoms with E-state index in [9.17, 15) is 0 Å². The Labute approximate surface area is 176 Å². The van der Waals surface area contributed by atoms with Crippen molar-refractivity contribution < 1.29 is 0 Å². The lowest BCUT2D eigenvalue weighted by Crippen LogP contribution is -2.53. The summed E-state index contributed by atoms with van der Waals surface area (Å²) in [6.45, 7) is 7.17. The summed E-state index contributed by atoms with van der Waals surface area (Å²) in [5.74, 6) is 0. The van der Waals surface area contributed by atoms with Gasteiger partial charge in [-0.2, -0.15) is 0 Å². The Morgan fingerprint density at radius 1 is 0.966 bits per heavy atom. The molecule has 2 aliphatic rings. The second kappa shape index (κ2) is 10.3. The SMILES string of the molecule is CN(CCc1ccccc1)[C@H]1CCCN(C2CCN(Cc3cccnc3)CC2)C1. The van der Waals surface area contributed by atoms with Crippen molar-refractivity contribution in [2.24, 2.45) is 0 Å². The number of likely N-dealkylation sites (tertiary alicyclic amines) is 2. The Kier molecular flexibility index (Phi) is 7.31. The predicted molar refractivity (Wildman–Crippen MR) is 120 cm³/mol. The van der Waals surface area contributed by atoms with Crippen molar-refractivity contribution in [3.05, 3.63) is 66.0 Å². The van der Waals surface area contributed by atoms with Gasteiger partial charge in [-0.25, -0.2) is 0 Å². The Hall–Kier alpha value is -1.75. The quantitative estimate of drug-likeness (QED) is 0.717. The fourth-order valence-electron chi connectivity index (χ4n) is 5.00. The minimum absolute atomic E-state index is 0.709. The van der Waals surface area contributed by atoms with Gasteiger partial charge in [0.15, 0.2) is 0 Å². The van der Waals surface area contributed by atoms with Crippen LogP contribution in [0.3, 0.4) is 0 Å². The molecule has 2 saturated heterocycles. The molecule has 3 heterocycles. The van der Waals surface area contributed by atoms with Gasteiger partial charge < -0.3 is 4.90 Å². The summed E-state index contributed by atoms with van der Waals surface area (Å²) in [5, 5.41) is 0. The number of likely N-dealkylation sites (N-methyl/N-ethyl adjacent to an activating group) is 1. The second-order valence-electron chi connectivity index (χ2n) is 8.88. The third kappa shape index (κ3) is 5.88. The highest BCUT2D eigenvalue weighted by atomic mass is 15.2. The van der Waals surface area contributed by atoms with E-state index in [0.717, 1.165) is 25.6 Å². The number of pyridine rings is 1. The Morgan fingerprint density at radius 2 is 1.76 bits per heavy atom. The van der Waals surface area contributed by atoms with E-state index < -0.39 is 0 Å². The monoisotopic (exact) mass is 392 g/mol. The predicted octanol–water partition coefficient (Wildman–Crippen LogP) is 3.68. The lowest BCUT2D eigenvalue weighted by Gasteiger charge is -2.44. The van der Waals surface area contributed by atoms with Crippen molar-refractivity contribution in [1.29, 1.82) is 0 Å². The molecule has 4 nitrogen and oxygen atoms in total. The first kappa shape index (κ1) is 20.5. The first-order valence-corrected chi connectivity index (χ1v) is 11.4. The lowest BCUT2D eigenvalue weighted by atomic mass is 9.97. The third-order valence-electron chi connectivity index (χ3n) is 6.85. The van der Waals surface area contributed by atoms with E-state index in [1.807, 2.05) is 18.5 Å². The van der Waals surface area contributed by atoms with Gasteiger partial charge in [-0.05, 0) is 76.0 Å². The molecule has 29 heavy (non-hydrogen) atoms. The van der Waals surface area contributed by atoms with Crippen LogP contribution in [0.5, 0.6) is 0 Å². The number of hydrogen-bond acceptors (Lipinski definition) is 4. The van der Waals surface area contributed by atoms with Crippen LogP contribution in [0.2, 0.25) is 0 Å². The maximum Gasteiger partial charge on any atom is 0.0312 e. The zero-order valence-corrected chi connectivity index (χ0v) is 17.9.